The third-order valence-corrected chi connectivity index (χ3v) is 7.75. The van der Waals surface area contributed by atoms with E-state index in [4.69, 9.17) is 9.47 Å². The van der Waals surface area contributed by atoms with Crippen molar-refractivity contribution in [1.29, 1.82) is 0 Å². The molecule has 1 aromatic heterocycles. The summed E-state index contributed by atoms with van der Waals surface area (Å²) in [5, 5.41) is 5.94. The summed E-state index contributed by atoms with van der Waals surface area (Å²) in [6.45, 7) is 2.04. The second-order valence-electron chi connectivity index (χ2n) is 9.30. The summed E-state index contributed by atoms with van der Waals surface area (Å²) in [7, 11) is -1.03. The molecule has 0 bridgehead atoms. The number of rotatable bonds is 10. The number of benzene rings is 3. The summed E-state index contributed by atoms with van der Waals surface area (Å²) in [5.41, 5.74) is 2.03. The lowest BCUT2D eigenvalue weighted by Gasteiger charge is -2.16. The molecular weight excluding hydrogens is 532 g/mol. The second-order valence-corrected chi connectivity index (χ2v) is 11.0. The normalized spacial score (nSPS) is 13.7. The summed E-state index contributed by atoms with van der Waals surface area (Å²) >= 11 is 0. The number of aromatic nitrogens is 2. The van der Waals surface area contributed by atoms with Crippen molar-refractivity contribution in [1.82, 2.24) is 14.9 Å². The van der Waals surface area contributed by atoms with Crippen molar-refractivity contribution >= 4 is 50.0 Å². The third-order valence-electron chi connectivity index (χ3n) is 6.41. The predicted molar refractivity (Wildman–Crippen MR) is 154 cm³/mol. The maximum atomic E-state index is 13.5. The molecule has 1 amide bonds. The van der Waals surface area contributed by atoms with E-state index >= 15 is 0 Å². The molecule has 1 aliphatic heterocycles. The minimum Gasteiger partial charge on any atom is -0.497 e. The van der Waals surface area contributed by atoms with Gasteiger partial charge in [0.15, 0.2) is 11.6 Å². The number of para-hydroxylation sites is 2. The Balaban J connectivity index is 1.43. The molecule has 4 aromatic rings. The lowest BCUT2D eigenvalue weighted by atomic mass is 10.2. The van der Waals surface area contributed by atoms with Crippen molar-refractivity contribution in [3.63, 3.8) is 0 Å². The SMILES string of the molecule is COc1cc(Nc2nc3ccccc3nc2NS(=O)(=O)c2cccc(NC(=O)CN3CCCC3)c2)cc(OC)c1. The Kier molecular flexibility index (Phi) is 7.99. The van der Waals surface area contributed by atoms with E-state index in [0.29, 0.717) is 33.9 Å². The second kappa shape index (κ2) is 11.8. The molecule has 1 aliphatic rings. The van der Waals surface area contributed by atoms with E-state index in [-0.39, 0.29) is 29.0 Å². The van der Waals surface area contributed by atoms with Gasteiger partial charge in [0.1, 0.15) is 11.5 Å². The first kappa shape index (κ1) is 27.2. The number of nitrogens with one attached hydrogen (secondary N) is 3. The van der Waals surface area contributed by atoms with Gasteiger partial charge < -0.3 is 20.1 Å². The van der Waals surface area contributed by atoms with Gasteiger partial charge >= 0.3 is 0 Å². The zero-order chi connectivity index (χ0) is 28.1. The first-order valence-corrected chi connectivity index (χ1v) is 14.2. The van der Waals surface area contributed by atoms with Gasteiger partial charge in [0.25, 0.3) is 10.0 Å². The first-order valence-electron chi connectivity index (χ1n) is 12.7. The molecule has 208 valence electrons. The Hall–Kier alpha value is -4.42. The molecule has 3 N–H and O–H groups in total. The van der Waals surface area contributed by atoms with E-state index < -0.39 is 10.0 Å². The van der Waals surface area contributed by atoms with E-state index in [0.717, 1.165) is 25.9 Å². The van der Waals surface area contributed by atoms with Crippen LogP contribution in [-0.4, -0.2) is 63.0 Å². The van der Waals surface area contributed by atoms with Gasteiger partial charge in [-0.15, -0.1) is 0 Å². The molecule has 0 atom stereocenters. The van der Waals surface area contributed by atoms with Crippen LogP contribution in [0.3, 0.4) is 0 Å². The third kappa shape index (κ3) is 6.41. The molecule has 0 radical (unpaired) electrons. The van der Waals surface area contributed by atoms with Crippen molar-refractivity contribution in [3.05, 3.63) is 66.7 Å². The Morgan fingerprint density at radius 3 is 2.15 bits per heavy atom. The molecule has 1 fully saturated rings. The number of methoxy groups -OCH3 is 2. The summed E-state index contributed by atoms with van der Waals surface area (Å²) in [6.07, 6.45) is 2.15. The number of carbonyl (C=O) groups excluding carboxylic acids is 1. The van der Waals surface area contributed by atoms with Gasteiger partial charge in [-0.05, 0) is 56.3 Å². The number of ether oxygens (including phenoxy) is 2. The van der Waals surface area contributed by atoms with Gasteiger partial charge in [0, 0.05) is 29.6 Å². The van der Waals surface area contributed by atoms with Gasteiger partial charge in [-0.1, -0.05) is 18.2 Å². The monoisotopic (exact) mass is 562 g/mol. The van der Waals surface area contributed by atoms with Gasteiger partial charge in [0.2, 0.25) is 5.91 Å². The smallest absolute Gasteiger partial charge is 0.263 e. The number of anilines is 4. The highest BCUT2D eigenvalue weighted by Gasteiger charge is 2.21. The highest BCUT2D eigenvalue weighted by Crippen LogP contribution is 2.31. The number of hydrogen-bond acceptors (Lipinski definition) is 9. The molecule has 0 aliphatic carbocycles. The highest BCUT2D eigenvalue weighted by atomic mass is 32.2. The van der Waals surface area contributed by atoms with Crippen LogP contribution >= 0.6 is 0 Å². The molecule has 0 unspecified atom stereocenters. The number of carbonyl (C=O) groups is 1. The Labute approximate surface area is 232 Å². The maximum absolute atomic E-state index is 13.5. The molecule has 3 aromatic carbocycles. The average molecular weight is 563 g/mol. The van der Waals surface area contributed by atoms with Crippen LogP contribution in [0.1, 0.15) is 12.8 Å². The topological polar surface area (TPSA) is 135 Å². The molecule has 12 heteroatoms. The van der Waals surface area contributed by atoms with E-state index in [2.05, 4.69) is 30.2 Å². The van der Waals surface area contributed by atoms with Crippen LogP contribution in [0.25, 0.3) is 11.0 Å². The lowest BCUT2D eigenvalue weighted by Crippen LogP contribution is -2.30. The lowest BCUT2D eigenvalue weighted by molar-refractivity contribution is -0.117. The number of sulfonamides is 1. The van der Waals surface area contributed by atoms with E-state index in [1.54, 1.807) is 48.5 Å². The van der Waals surface area contributed by atoms with Crippen LogP contribution in [0.4, 0.5) is 23.0 Å². The van der Waals surface area contributed by atoms with E-state index in [9.17, 15) is 13.2 Å². The first-order chi connectivity index (χ1) is 19.3. The summed E-state index contributed by atoms with van der Waals surface area (Å²) < 4.78 is 40.2. The molecular formula is C28H30N6O5S. The standard InChI is InChI=1S/C28H30N6O5S/c1-38-21-14-20(15-22(17-21)39-2)30-27-28(32-25-11-4-3-10-24(25)31-27)33-40(36,37)23-9-7-8-19(16-23)29-26(35)18-34-12-5-6-13-34/h3-4,7-11,14-17H,5-6,12-13,18H2,1-2H3,(H,29,35)(H,30,31)(H,32,33). The van der Waals surface area contributed by atoms with Gasteiger partial charge in [0.05, 0.1) is 36.7 Å². The Bertz CT molecular complexity index is 1620. The Morgan fingerprint density at radius 1 is 0.850 bits per heavy atom. The van der Waals surface area contributed by atoms with Crippen LogP contribution in [-0.2, 0) is 14.8 Å². The number of hydrogen-bond donors (Lipinski definition) is 3. The minimum atomic E-state index is -4.11. The zero-order valence-electron chi connectivity index (χ0n) is 22.2. The minimum absolute atomic E-state index is 0.00367. The summed E-state index contributed by atoms with van der Waals surface area (Å²) in [5.74, 6) is 1.09. The molecule has 0 saturated carbocycles. The largest absolute Gasteiger partial charge is 0.497 e. The van der Waals surface area contributed by atoms with Crippen molar-refractivity contribution in [2.75, 3.05) is 49.2 Å². The molecule has 2 heterocycles. The van der Waals surface area contributed by atoms with Gasteiger partial charge in [-0.2, -0.15) is 0 Å². The quantitative estimate of drug-likeness (QED) is 0.260. The fourth-order valence-electron chi connectivity index (χ4n) is 4.45. The molecule has 1 saturated heterocycles. The highest BCUT2D eigenvalue weighted by molar-refractivity contribution is 7.92. The van der Waals surface area contributed by atoms with Crippen LogP contribution in [0.2, 0.25) is 0 Å². The van der Waals surface area contributed by atoms with Gasteiger partial charge in [-0.25, -0.2) is 18.4 Å². The van der Waals surface area contributed by atoms with Crippen molar-refractivity contribution in [3.8, 4) is 11.5 Å². The van der Waals surface area contributed by atoms with E-state index in [1.165, 1.54) is 26.4 Å². The number of nitrogens with zero attached hydrogens (tertiary/aromatic N) is 3. The summed E-state index contributed by atoms with van der Waals surface area (Å²) in [6, 6.07) is 18.4. The predicted octanol–water partition coefficient (Wildman–Crippen LogP) is 4.23. The molecule has 0 spiro atoms. The van der Waals surface area contributed by atoms with Crippen LogP contribution < -0.4 is 24.8 Å². The van der Waals surface area contributed by atoms with Crippen LogP contribution in [0.15, 0.2) is 71.6 Å². The number of amides is 1. The van der Waals surface area contributed by atoms with Crippen LogP contribution in [0.5, 0.6) is 11.5 Å². The zero-order valence-corrected chi connectivity index (χ0v) is 23.0. The van der Waals surface area contributed by atoms with Crippen molar-refractivity contribution in [2.24, 2.45) is 0 Å². The number of fused-ring (bicyclic) bond motifs is 1. The fourth-order valence-corrected chi connectivity index (χ4v) is 5.50. The Morgan fingerprint density at radius 2 is 1.50 bits per heavy atom. The van der Waals surface area contributed by atoms with Crippen molar-refractivity contribution in [2.45, 2.75) is 17.7 Å². The maximum Gasteiger partial charge on any atom is 0.263 e. The van der Waals surface area contributed by atoms with Crippen LogP contribution in [0, 0.1) is 0 Å². The van der Waals surface area contributed by atoms with Gasteiger partial charge in [-0.3, -0.25) is 14.4 Å². The number of likely N-dealkylation sites (tertiary alicyclic amines) is 1. The molecule has 11 nitrogen and oxygen atoms in total. The molecule has 40 heavy (non-hydrogen) atoms. The van der Waals surface area contributed by atoms with E-state index in [1.807, 2.05) is 6.07 Å². The molecule has 5 rings (SSSR count). The van der Waals surface area contributed by atoms with Crippen molar-refractivity contribution < 1.29 is 22.7 Å². The summed E-state index contributed by atoms with van der Waals surface area (Å²) in [4.78, 5) is 23.7. The fraction of sp³-hybridized carbons (Fsp3) is 0.250. The average Bonchev–Trinajstić information content (AvgIpc) is 3.46.